The molecule has 8 heteroatoms. The van der Waals surface area contributed by atoms with Gasteiger partial charge in [-0.15, -0.1) is 11.3 Å². The molecule has 0 spiro atoms. The number of rotatable bonds is 5. The monoisotopic (exact) mass is 340 g/mol. The van der Waals surface area contributed by atoms with Crippen molar-refractivity contribution < 1.29 is 19.1 Å². The molecule has 1 aromatic carbocycles. The molecule has 0 radical (unpaired) electrons. The highest BCUT2D eigenvalue weighted by Crippen LogP contribution is 2.24. The lowest BCUT2D eigenvalue weighted by molar-refractivity contribution is 0.0520. The van der Waals surface area contributed by atoms with Crippen molar-refractivity contribution in [3.05, 3.63) is 39.9 Å². The third-order valence-electron chi connectivity index (χ3n) is 2.62. The van der Waals surface area contributed by atoms with Crippen LogP contribution in [0.2, 0.25) is 5.02 Å². The second-order valence-corrected chi connectivity index (χ2v) is 5.35. The summed E-state index contributed by atoms with van der Waals surface area (Å²) in [6, 6.07) is 4.72. The van der Waals surface area contributed by atoms with Gasteiger partial charge in [0, 0.05) is 10.4 Å². The van der Waals surface area contributed by atoms with E-state index in [-0.39, 0.29) is 23.0 Å². The van der Waals surface area contributed by atoms with Crippen LogP contribution in [-0.2, 0) is 4.74 Å². The zero-order valence-electron chi connectivity index (χ0n) is 11.9. The van der Waals surface area contributed by atoms with Crippen LogP contribution in [0.5, 0.6) is 5.75 Å². The number of nitrogens with zero attached hydrogens (tertiary/aromatic N) is 1. The van der Waals surface area contributed by atoms with Crippen LogP contribution < -0.4 is 10.1 Å². The lowest BCUT2D eigenvalue weighted by atomic mass is 10.2. The van der Waals surface area contributed by atoms with Crippen molar-refractivity contribution in [2.45, 2.75) is 6.92 Å². The number of thiazole rings is 1. The first-order chi connectivity index (χ1) is 10.5. The number of amides is 1. The summed E-state index contributed by atoms with van der Waals surface area (Å²) in [6.07, 6.45) is 0. The number of hydrogen-bond donors (Lipinski definition) is 1. The van der Waals surface area contributed by atoms with Crippen molar-refractivity contribution >= 4 is 39.9 Å². The summed E-state index contributed by atoms with van der Waals surface area (Å²) in [5.41, 5.74) is 0.433. The summed E-state index contributed by atoms with van der Waals surface area (Å²) in [6.45, 7) is 1.97. The van der Waals surface area contributed by atoms with Crippen LogP contribution >= 0.6 is 22.9 Å². The number of hydrogen-bond acceptors (Lipinski definition) is 6. The van der Waals surface area contributed by atoms with Gasteiger partial charge in [-0.1, -0.05) is 11.6 Å². The van der Waals surface area contributed by atoms with Gasteiger partial charge >= 0.3 is 5.97 Å². The molecule has 2 rings (SSSR count). The van der Waals surface area contributed by atoms with Crippen LogP contribution in [0.4, 0.5) is 5.13 Å². The summed E-state index contributed by atoms with van der Waals surface area (Å²) in [5.74, 6) is -0.562. The Morgan fingerprint density at radius 2 is 2.18 bits per heavy atom. The molecule has 1 amide bonds. The second kappa shape index (κ2) is 7.24. The molecule has 2 aromatic rings. The molecule has 22 heavy (non-hydrogen) atoms. The number of esters is 1. The van der Waals surface area contributed by atoms with E-state index in [1.54, 1.807) is 19.1 Å². The third-order valence-corrected chi connectivity index (χ3v) is 3.61. The summed E-state index contributed by atoms with van der Waals surface area (Å²) in [4.78, 5) is 27.8. The number of carbonyl (C=O) groups excluding carboxylic acids is 2. The molecule has 1 N–H and O–H groups in total. The molecule has 6 nitrogen and oxygen atoms in total. The lowest BCUT2D eigenvalue weighted by Crippen LogP contribution is -2.13. The molecule has 0 fully saturated rings. The fourth-order valence-electron chi connectivity index (χ4n) is 1.65. The predicted molar refractivity (Wildman–Crippen MR) is 84.0 cm³/mol. The molecule has 116 valence electrons. The SMILES string of the molecule is CCOC(=O)c1csc(NC(=O)c2cc(Cl)ccc2OC)n1. The average molecular weight is 341 g/mol. The minimum atomic E-state index is -0.528. The Kier molecular flexibility index (Phi) is 5.35. The standard InChI is InChI=1S/C14H13ClN2O4S/c1-3-21-13(19)10-7-22-14(16-10)17-12(18)9-6-8(15)4-5-11(9)20-2/h4-7H,3H2,1-2H3,(H,16,17,18). The van der Waals surface area contributed by atoms with Crippen molar-refractivity contribution in [1.29, 1.82) is 0 Å². The van der Waals surface area contributed by atoms with Gasteiger partial charge in [0.05, 0.1) is 19.3 Å². The normalized spacial score (nSPS) is 10.1. The topological polar surface area (TPSA) is 77.5 Å². The highest BCUT2D eigenvalue weighted by atomic mass is 35.5. The van der Waals surface area contributed by atoms with Gasteiger partial charge in [-0.05, 0) is 25.1 Å². The summed E-state index contributed by atoms with van der Waals surface area (Å²) in [5, 5.41) is 4.82. The number of anilines is 1. The fraction of sp³-hybridized carbons (Fsp3) is 0.214. The van der Waals surface area contributed by atoms with Crippen LogP contribution in [0.15, 0.2) is 23.6 Å². The molecular formula is C14H13ClN2O4S. The van der Waals surface area contributed by atoms with E-state index in [4.69, 9.17) is 21.1 Å². The number of carbonyl (C=O) groups is 2. The second-order valence-electron chi connectivity index (χ2n) is 4.06. The molecular weight excluding hydrogens is 328 g/mol. The number of nitrogens with one attached hydrogen (secondary N) is 1. The van der Waals surface area contributed by atoms with Crippen molar-refractivity contribution in [3.8, 4) is 5.75 Å². The zero-order chi connectivity index (χ0) is 16.1. The number of methoxy groups -OCH3 is 1. The fourth-order valence-corrected chi connectivity index (χ4v) is 2.50. The van der Waals surface area contributed by atoms with Gasteiger partial charge in [0.25, 0.3) is 5.91 Å². The number of aromatic nitrogens is 1. The van der Waals surface area contributed by atoms with E-state index in [0.29, 0.717) is 10.8 Å². The van der Waals surface area contributed by atoms with Crippen LogP contribution in [0.25, 0.3) is 0 Å². The van der Waals surface area contributed by atoms with E-state index in [1.807, 2.05) is 0 Å². The molecule has 0 bridgehead atoms. The van der Waals surface area contributed by atoms with Gasteiger partial charge in [0.2, 0.25) is 0 Å². The van der Waals surface area contributed by atoms with E-state index in [9.17, 15) is 9.59 Å². The molecule has 1 heterocycles. The quantitative estimate of drug-likeness (QED) is 0.845. The highest BCUT2D eigenvalue weighted by Gasteiger charge is 2.17. The zero-order valence-corrected chi connectivity index (χ0v) is 13.5. The third kappa shape index (κ3) is 3.75. The summed E-state index contributed by atoms with van der Waals surface area (Å²) >= 11 is 7.02. The van der Waals surface area contributed by atoms with Gasteiger partial charge in [0.15, 0.2) is 10.8 Å². The first-order valence-electron chi connectivity index (χ1n) is 6.32. The minimum absolute atomic E-state index is 0.153. The Morgan fingerprint density at radius 3 is 2.86 bits per heavy atom. The maximum absolute atomic E-state index is 12.3. The van der Waals surface area contributed by atoms with Gasteiger partial charge in [-0.25, -0.2) is 9.78 Å². The summed E-state index contributed by atoms with van der Waals surface area (Å²) in [7, 11) is 1.46. The largest absolute Gasteiger partial charge is 0.496 e. The van der Waals surface area contributed by atoms with Crippen LogP contribution in [0.1, 0.15) is 27.8 Å². The predicted octanol–water partition coefficient (Wildman–Crippen LogP) is 3.23. The molecule has 0 saturated heterocycles. The Labute approximate surface area is 136 Å². The van der Waals surface area contributed by atoms with Gasteiger partial charge in [-0.3, -0.25) is 10.1 Å². The Balaban J connectivity index is 2.16. The lowest BCUT2D eigenvalue weighted by Gasteiger charge is -2.08. The van der Waals surface area contributed by atoms with E-state index in [2.05, 4.69) is 10.3 Å². The van der Waals surface area contributed by atoms with Gasteiger partial charge < -0.3 is 9.47 Å². The first-order valence-corrected chi connectivity index (χ1v) is 7.58. The Morgan fingerprint density at radius 1 is 1.41 bits per heavy atom. The van der Waals surface area contributed by atoms with Crippen molar-refractivity contribution in [1.82, 2.24) is 4.98 Å². The summed E-state index contributed by atoms with van der Waals surface area (Å²) < 4.78 is 9.96. The average Bonchev–Trinajstić information content (AvgIpc) is 2.96. The van der Waals surface area contributed by atoms with E-state index >= 15 is 0 Å². The molecule has 1 aromatic heterocycles. The molecule has 0 aliphatic heterocycles. The Bertz CT molecular complexity index is 702. The smallest absolute Gasteiger partial charge is 0.357 e. The molecule has 0 saturated carbocycles. The number of halogens is 1. The molecule has 0 aliphatic carbocycles. The minimum Gasteiger partial charge on any atom is -0.496 e. The molecule has 0 unspecified atom stereocenters. The van der Waals surface area contributed by atoms with E-state index < -0.39 is 11.9 Å². The maximum atomic E-state index is 12.3. The number of ether oxygens (including phenoxy) is 2. The highest BCUT2D eigenvalue weighted by molar-refractivity contribution is 7.14. The van der Waals surface area contributed by atoms with Crippen molar-refractivity contribution in [2.24, 2.45) is 0 Å². The van der Waals surface area contributed by atoms with Crippen LogP contribution in [-0.4, -0.2) is 30.6 Å². The van der Waals surface area contributed by atoms with E-state index in [0.717, 1.165) is 11.3 Å². The van der Waals surface area contributed by atoms with Crippen LogP contribution in [0, 0.1) is 0 Å². The molecule has 0 atom stereocenters. The molecule has 0 aliphatic rings. The van der Waals surface area contributed by atoms with Crippen molar-refractivity contribution in [3.63, 3.8) is 0 Å². The number of benzene rings is 1. The van der Waals surface area contributed by atoms with Gasteiger partial charge in [0.1, 0.15) is 5.75 Å². The van der Waals surface area contributed by atoms with E-state index in [1.165, 1.54) is 18.6 Å². The van der Waals surface area contributed by atoms with Crippen LogP contribution in [0.3, 0.4) is 0 Å². The van der Waals surface area contributed by atoms with Gasteiger partial charge in [-0.2, -0.15) is 0 Å². The first kappa shape index (κ1) is 16.3. The Hall–Kier alpha value is -2.12. The van der Waals surface area contributed by atoms with Crippen molar-refractivity contribution in [2.75, 3.05) is 19.0 Å². The maximum Gasteiger partial charge on any atom is 0.357 e.